The fourth-order valence-electron chi connectivity index (χ4n) is 3.12. The van der Waals surface area contributed by atoms with Crippen molar-refractivity contribution in [3.8, 4) is 0 Å². The minimum absolute atomic E-state index is 0.451. The molecule has 2 unspecified atom stereocenters. The Bertz CT molecular complexity index is 304. The van der Waals surface area contributed by atoms with E-state index < -0.39 is 0 Å². The van der Waals surface area contributed by atoms with Crippen LogP contribution in [0, 0.1) is 17.3 Å². The van der Waals surface area contributed by atoms with Gasteiger partial charge in [0.05, 0.1) is 6.04 Å². The van der Waals surface area contributed by atoms with Gasteiger partial charge < -0.3 is 0 Å². The molecule has 3 atom stereocenters. The number of nitrogens with zero attached hydrogens (tertiary/aromatic N) is 2. The summed E-state index contributed by atoms with van der Waals surface area (Å²) in [6.45, 7) is 11.5. The lowest BCUT2D eigenvalue weighted by molar-refractivity contribution is 0.220. The highest BCUT2D eigenvalue weighted by atomic mass is 14.9. The highest BCUT2D eigenvalue weighted by Crippen LogP contribution is 2.35. The number of hydrogen-bond acceptors (Lipinski definition) is 1. The van der Waals surface area contributed by atoms with Crippen molar-refractivity contribution in [3.05, 3.63) is 0 Å². The van der Waals surface area contributed by atoms with Gasteiger partial charge in [0.25, 0.3) is 0 Å². The molecular formula is C17H32N2. The third-order valence-electron chi connectivity index (χ3n) is 4.84. The Morgan fingerprint density at radius 1 is 1.05 bits per heavy atom. The molecule has 0 spiro atoms. The van der Waals surface area contributed by atoms with Crippen LogP contribution >= 0.6 is 0 Å². The average Bonchev–Trinajstić information content (AvgIpc) is 2.35. The average molecular weight is 264 g/mol. The van der Waals surface area contributed by atoms with Crippen LogP contribution in [-0.4, -0.2) is 18.6 Å². The molecule has 1 fully saturated rings. The molecule has 0 radical (unpaired) electrons. The summed E-state index contributed by atoms with van der Waals surface area (Å²) in [5.41, 5.74) is 0.510. The van der Waals surface area contributed by atoms with Gasteiger partial charge in [-0.1, -0.05) is 47.0 Å². The maximum Gasteiger partial charge on any atom is 0.109 e. The largest absolute Gasteiger partial charge is 0.270 e. The zero-order valence-electron chi connectivity index (χ0n) is 13.5. The summed E-state index contributed by atoms with van der Waals surface area (Å²) >= 11 is 0. The normalized spacial score (nSPS) is 33.8. The van der Waals surface area contributed by atoms with Crippen LogP contribution in [0.2, 0.25) is 0 Å². The van der Waals surface area contributed by atoms with E-state index in [-0.39, 0.29) is 0 Å². The molecule has 1 aliphatic rings. The van der Waals surface area contributed by atoms with Crippen molar-refractivity contribution in [3.63, 3.8) is 0 Å². The second-order valence-electron chi connectivity index (χ2n) is 7.02. The lowest BCUT2D eigenvalue weighted by atomic mass is 9.76. The molecule has 0 bridgehead atoms. The van der Waals surface area contributed by atoms with E-state index in [1.165, 1.54) is 38.5 Å². The molecule has 1 saturated carbocycles. The van der Waals surface area contributed by atoms with Gasteiger partial charge in [0.15, 0.2) is 0 Å². The van der Waals surface area contributed by atoms with Gasteiger partial charge in [0.1, 0.15) is 6.34 Å². The van der Waals surface area contributed by atoms with Crippen molar-refractivity contribution < 1.29 is 0 Å². The summed E-state index contributed by atoms with van der Waals surface area (Å²) in [5.74, 6) is 1.44. The van der Waals surface area contributed by atoms with E-state index in [0.29, 0.717) is 17.4 Å². The van der Waals surface area contributed by atoms with Crippen LogP contribution in [0.15, 0.2) is 9.98 Å². The van der Waals surface area contributed by atoms with Gasteiger partial charge >= 0.3 is 0 Å². The Hall–Kier alpha value is -0.660. The smallest absolute Gasteiger partial charge is 0.109 e. The molecule has 0 saturated heterocycles. The minimum atomic E-state index is 0.451. The van der Waals surface area contributed by atoms with E-state index in [4.69, 9.17) is 4.99 Å². The number of hydrogen-bond donors (Lipinski definition) is 0. The summed E-state index contributed by atoms with van der Waals surface area (Å²) in [5, 5.41) is 0. The molecule has 0 heterocycles. The molecule has 1 rings (SSSR count). The first-order valence-electron chi connectivity index (χ1n) is 7.96. The Morgan fingerprint density at radius 3 is 2.32 bits per heavy atom. The lowest BCUT2D eigenvalue weighted by Crippen LogP contribution is -2.25. The van der Waals surface area contributed by atoms with Gasteiger partial charge in [-0.15, -0.1) is 0 Å². The third-order valence-corrected chi connectivity index (χ3v) is 4.84. The SMILES string of the molecule is CC=NC=NC1CCCC(C)(C)CCC[C@H](C)C1C. The lowest BCUT2D eigenvalue weighted by Gasteiger charge is -2.32. The molecule has 110 valence electrons. The zero-order valence-corrected chi connectivity index (χ0v) is 13.5. The molecule has 0 aromatic heterocycles. The van der Waals surface area contributed by atoms with Gasteiger partial charge in [-0.3, -0.25) is 4.99 Å². The highest BCUT2D eigenvalue weighted by Gasteiger charge is 2.26. The second-order valence-corrected chi connectivity index (χ2v) is 7.02. The molecule has 2 heteroatoms. The maximum absolute atomic E-state index is 4.70. The monoisotopic (exact) mass is 264 g/mol. The summed E-state index contributed by atoms with van der Waals surface area (Å²) < 4.78 is 0. The predicted molar refractivity (Wildman–Crippen MR) is 86.3 cm³/mol. The van der Waals surface area contributed by atoms with Crippen LogP contribution in [0.5, 0.6) is 0 Å². The molecule has 1 aliphatic carbocycles. The van der Waals surface area contributed by atoms with Gasteiger partial charge in [-0.2, -0.15) is 0 Å². The Morgan fingerprint density at radius 2 is 1.68 bits per heavy atom. The van der Waals surface area contributed by atoms with Crippen LogP contribution in [0.1, 0.15) is 73.1 Å². The van der Waals surface area contributed by atoms with Crippen molar-refractivity contribution in [2.24, 2.45) is 27.2 Å². The fourth-order valence-corrected chi connectivity index (χ4v) is 3.12. The molecule has 0 N–H and O–H groups in total. The topological polar surface area (TPSA) is 24.7 Å². The van der Waals surface area contributed by atoms with Crippen LogP contribution in [-0.2, 0) is 0 Å². The molecule has 0 aromatic carbocycles. The molecule has 2 nitrogen and oxygen atoms in total. The van der Waals surface area contributed by atoms with Crippen LogP contribution in [0.4, 0.5) is 0 Å². The summed E-state index contributed by atoms with van der Waals surface area (Å²) in [6, 6.07) is 0.451. The summed E-state index contributed by atoms with van der Waals surface area (Å²) in [7, 11) is 0. The summed E-state index contributed by atoms with van der Waals surface area (Å²) in [6.07, 6.45) is 11.5. The van der Waals surface area contributed by atoms with E-state index in [1.807, 2.05) is 6.92 Å². The van der Waals surface area contributed by atoms with Crippen LogP contribution in [0.25, 0.3) is 0 Å². The Labute approximate surface area is 119 Å². The van der Waals surface area contributed by atoms with Gasteiger partial charge in [-0.25, -0.2) is 4.99 Å². The summed E-state index contributed by atoms with van der Waals surface area (Å²) in [4.78, 5) is 8.84. The third kappa shape index (κ3) is 5.88. The van der Waals surface area contributed by atoms with E-state index in [1.54, 1.807) is 12.6 Å². The molecule has 0 amide bonds. The van der Waals surface area contributed by atoms with Gasteiger partial charge in [0.2, 0.25) is 0 Å². The number of rotatable bonds is 2. The first-order valence-corrected chi connectivity index (χ1v) is 7.96. The van der Waals surface area contributed by atoms with E-state index in [2.05, 4.69) is 32.7 Å². The van der Waals surface area contributed by atoms with Crippen molar-refractivity contribution in [2.45, 2.75) is 79.2 Å². The van der Waals surface area contributed by atoms with Gasteiger partial charge in [-0.05, 0) is 43.4 Å². The van der Waals surface area contributed by atoms with Crippen molar-refractivity contribution in [1.82, 2.24) is 0 Å². The molecule has 0 aliphatic heterocycles. The van der Waals surface area contributed by atoms with E-state index in [0.717, 1.165) is 5.92 Å². The van der Waals surface area contributed by atoms with E-state index >= 15 is 0 Å². The zero-order chi connectivity index (χ0) is 14.3. The minimum Gasteiger partial charge on any atom is -0.270 e. The van der Waals surface area contributed by atoms with Crippen molar-refractivity contribution in [2.75, 3.05) is 0 Å². The standard InChI is InChI=1S/C17H32N2/c1-6-18-13-19-16-10-8-12-17(4,5)11-7-9-14(2)15(16)3/h6,13-16H,7-12H2,1-5H3/t14-,15?,16?/m0/s1. The molecule has 0 aromatic rings. The quantitative estimate of drug-likeness (QED) is 0.488. The van der Waals surface area contributed by atoms with E-state index in [9.17, 15) is 0 Å². The Kier molecular flexibility index (Phi) is 6.74. The van der Waals surface area contributed by atoms with Gasteiger partial charge in [0, 0.05) is 6.21 Å². The number of aliphatic imine (C=N–C) groups is 2. The first kappa shape index (κ1) is 16.4. The predicted octanol–water partition coefficient (Wildman–Crippen LogP) is 5.13. The molecular weight excluding hydrogens is 232 g/mol. The maximum atomic E-state index is 4.70. The Balaban J connectivity index is 2.70. The second kappa shape index (κ2) is 7.81. The van der Waals surface area contributed by atoms with Crippen LogP contribution in [0.3, 0.4) is 0 Å². The molecule has 19 heavy (non-hydrogen) atoms. The first-order chi connectivity index (χ1) is 8.96. The fraction of sp³-hybridized carbons (Fsp3) is 0.882. The highest BCUT2D eigenvalue weighted by molar-refractivity contribution is 5.70. The van der Waals surface area contributed by atoms with Crippen molar-refractivity contribution in [1.29, 1.82) is 0 Å². The van der Waals surface area contributed by atoms with Crippen molar-refractivity contribution >= 4 is 12.6 Å². The van der Waals surface area contributed by atoms with Crippen LogP contribution < -0.4 is 0 Å².